The fraction of sp³-hybridized carbons (Fsp3) is 0.200. The molecule has 1 N–H and O–H groups in total. The van der Waals surface area contributed by atoms with E-state index in [2.05, 4.69) is 21.2 Å². The zero-order valence-corrected chi connectivity index (χ0v) is 15.9. The highest BCUT2D eigenvalue weighted by Gasteiger charge is 2.18. The summed E-state index contributed by atoms with van der Waals surface area (Å²) in [7, 11) is 0. The van der Waals surface area contributed by atoms with E-state index in [9.17, 15) is 9.59 Å². The minimum absolute atomic E-state index is 0.200. The lowest BCUT2D eigenvalue weighted by atomic mass is 10.1. The Morgan fingerprint density at radius 1 is 1.04 bits per heavy atom. The molecule has 0 heterocycles. The summed E-state index contributed by atoms with van der Waals surface area (Å²) in [6.45, 7) is 4.98. The summed E-state index contributed by atoms with van der Waals surface area (Å²) in [6.07, 6.45) is 1.70. The number of benzene rings is 2. The normalized spacial score (nSPS) is 11.1. The van der Waals surface area contributed by atoms with Crippen LogP contribution in [0, 0.1) is 0 Å². The third-order valence-corrected chi connectivity index (χ3v) is 4.22. The molecule has 0 atom stereocenters. The molecule has 130 valence electrons. The molecule has 0 aliphatic carbocycles. The van der Waals surface area contributed by atoms with Crippen LogP contribution in [0.15, 0.2) is 64.8 Å². The molecule has 0 aliphatic rings. The highest BCUT2D eigenvalue weighted by Crippen LogP contribution is 2.15. The van der Waals surface area contributed by atoms with Crippen LogP contribution in [0.3, 0.4) is 0 Å². The zero-order chi connectivity index (χ0) is 18.2. The van der Waals surface area contributed by atoms with Gasteiger partial charge in [-0.2, -0.15) is 0 Å². The van der Waals surface area contributed by atoms with Crippen molar-refractivity contribution >= 4 is 33.8 Å². The molecular formula is C20H21BrN2O2. The first-order valence-corrected chi connectivity index (χ1v) is 8.97. The van der Waals surface area contributed by atoms with Gasteiger partial charge < -0.3 is 10.2 Å². The van der Waals surface area contributed by atoms with Crippen LogP contribution in [0.25, 0.3) is 6.08 Å². The fourth-order valence-corrected chi connectivity index (χ4v) is 2.80. The SMILES string of the molecule is CCN(CC)C(=O)/C(=C\c1cccc(Br)c1)NC(=O)c1ccccc1. The van der Waals surface area contributed by atoms with E-state index >= 15 is 0 Å². The van der Waals surface area contributed by atoms with Gasteiger partial charge in [0.1, 0.15) is 5.70 Å². The summed E-state index contributed by atoms with van der Waals surface area (Å²) in [5.41, 5.74) is 1.60. The summed E-state index contributed by atoms with van der Waals surface area (Å²) < 4.78 is 0.908. The van der Waals surface area contributed by atoms with Gasteiger partial charge in [0.25, 0.3) is 11.8 Å². The zero-order valence-electron chi connectivity index (χ0n) is 14.3. The lowest BCUT2D eigenvalue weighted by Crippen LogP contribution is -2.38. The maximum absolute atomic E-state index is 12.8. The monoisotopic (exact) mass is 400 g/mol. The highest BCUT2D eigenvalue weighted by atomic mass is 79.9. The number of nitrogens with zero attached hydrogens (tertiary/aromatic N) is 1. The van der Waals surface area contributed by atoms with E-state index in [1.54, 1.807) is 35.2 Å². The molecule has 0 unspecified atom stereocenters. The van der Waals surface area contributed by atoms with E-state index in [1.165, 1.54) is 0 Å². The van der Waals surface area contributed by atoms with Crippen LogP contribution in [0.5, 0.6) is 0 Å². The van der Waals surface area contributed by atoms with Gasteiger partial charge in [-0.05, 0) is 49.8 Å². The number of rotatable bonds is 6. The van der Waals surface area contributed by atoms with Crippen molar-refractivity contribution in [3.05, 3.63) is 75.9 Å². The Kier molecular flexibility index (Phi) is 6.95. The highest BCUT2D eigenvalue weighted by molar-refractivity contribution is 9.10. The minimum Gasteiger partial charge on any atom is -0.338 e. The van der Waals surface area contributed by atoms with Crippen LogP contribution >= 0.6 is 15.9 Å². The Morgan fingerprint density at radius 2 is 1.72 bits per heavy atom. The van der Waals surface area contributed by atoms with Crippen molar-refractivity contribution in [1.82, 2.24) is 10.2 Å². The van der Waals surface area contributed by atoms with E-state index in [-0.39, 0.29) is 17.5 Å². The number of nitrogens with one attached hydrogen (secondary N) is 1. The lowest BCUT2D eigenvalue weighted by Gasteiger charge is -2.21. The topological polar surface area (TPSA) is 49.4 Å². The average Bonchev–Trinajstić information content (AvgIpc) is 2.63. The standard InChI is InChI=1S/C20H21BrN2O2/c1-3-23(4-2)20(25)18(14-15-9-8-12-17(21)13-15)22-19(24)16-10-6-5-7-11-16/h5-14H,3-4H2,1-2H3,(H,22,24)/b18-14+. The molecule has 2 amide bonds. The molecule has 0 saturated carbocycles. The van der Waals surface area contributed by atoms with Gasteiger partial charge >= 0.3 is 0 Å². The van der Waals surface area contributed by atoms with Crippen LogP contribution in [-0.2, 0) is 4.79 Å². The van der Waals surface area contributed by atoms with Crippen LogP contribution in [0.2, 0.25) is 0 Å². The largest absolute Gasteiger partial charge is 0.338 e. The van der Waals surface area contributed by atoms with E-state index in [0.29, 0.717) is 18.7 Å². The number of likely N-dealkylation sites (N-methyl/N-ethyl adjacent to an activating group) is 1. The lowest BCUT2D eigenvalue weighted by molar-refractivity contribution is -0.127. The van der Waals surface area contributed by atoms with Gasteiger partial charge in [0.2, 0.25) is 0 Å². The van der Waals surface area contributed by atoms with Crippen molar-refractivity contribution in [3.8, 4) is 0 Å². The number of carbonyl (C=O) groups is 2. The number of carbonyl (C=O) groups excluding carboxylic acids is 2. The quantitative estimate of drug-likeness (QED) is 0.742. The molecule has 0 saturated heterocycles. The maximum Gasteiger partial charge on any atom is 0.270 e. The number of hydrogen-bond donors (Lipinski definition) is 1. The first-order chi connectivity index (χ1) is 12.0. The first-order valence-electron chi connectivity index (χ1n) is 8.18. The molecular weight excluding hydrogens is 380 g/mol. The minimum atomic E-state index is -0.303. The summed E-state index contributed by atoms with van der Waals surface area (Å²) >= 11 is 3.42. The predicted octanol–water partition coefficient (Wildman–Crippen LogP) is 4.09. The molecule has 0 fully saturated rings. The molecule has 2 aromatic rings. The molecule has 0 aromatic heterocycles. The number of amides is 2. The van der Waals surface area contributed by atoms with Gasteiger partial charge in [-0.15, -0.1) is 0 Å². The molecule has 25 heavy (non-hydrogen) atoms. The van der Waals surface area contributed by atoms with Gasteiger partial charge in [0.05, 0.1) is 0 Å². The summed E-state index contributed by atoms with van der Waals surface area (Å²) in [5, 5.41) is 2.77. The Balaban J connectivity index is 2.35. The van der Waals surface area contributed by atoms with Crippen molar-refractivity contribution in [3.63, 3.8) is 0 Å². The van der Waals surface area contributed by atoms with Crippen LogP contribution < -0.4 is 5.32 Å². The van der Waals surface area contributed by atoms with E-state index in [0.717, 1.165) is 10.0 Å². The summed E-state index contributed by atoms with van der Waals surface area (Å²) in [6, 6.07) is 16.4. The Labute approximate surface area is 156 Å². The first kappa shape index (κ1) is 18.9. The summed E-state index contributed by atoms with van der Waals surface area (Å²) in [4.78, 5) is 27.0. The second-order valence-corrected chi connectivity index (χ2v) is 6.33. The molecule has 2 rings (SSSR count). The second kappa shape index (κ2) is 9.18. The molecule has 0 aliphatic heterocycles. The smallest absolute Gasteiger partial charge is 0.270 e. The van der Waals surface area contributed by atoms with Crippen molar-refractivity contribution < 1.29 is 9.59 Å². The molecule has 0 bridgehead atoms. The third-order valence-electron chi connectivity index (χ3n) is 3.72. The van der Waals surface area contributed by atoms with Crippen LogP contribution in [0.4, 0.5) is 0 Å². The Hall–Kier alpha value is -2.40. The number of halogens is 1. The predicted molar refractivity (Wildman–Crippen MR) is 104 cm³/mol. The summed E-state index contributed by atoms with van der Waals surface area (Å²) in [5.74, 6) is -0.503. The average molecular weight is 401 g/mol. The van der Waals surface area contributed by atoms with Crippen molar-refractivity contribution in [2.75, 3.05) is 13.1 Å². The van der Waals surface area contributed by atoms with E-state index < -0.39 is 0 Å². The molecule has 2 aromatic carbocycles. The Bertz CT molecular complexity index is 768. The molecule has 5 heteroatoms. The van der Waals surface area contributed by atoms with Crippen molar-refractivity contribution in [2.45, 2.75) is 13.8 Å². The van der Waals surface area contributed by atoms with Crippen molar-refractivity contribution in [1.29, 1.82) is 0 Å². The third kappa shape index (κ3) is 5.29. The van der Waals surface area contributed by atoms with E-state index in [4.69, 9.17) is 0 Å². The maximum atomic E-state index is 12.8. The van der Waals surface area contributed by atoms with Crippen molar-refractivity contribution in [2.24, 2.45) is 0 Å². The molecule has 0 spiro atoms. The van der Waals surface area contributed by atoms with Crippen LogP contribution in [0.1, 0.15) is 29.8 Å². The van der Waals surface area contributed by atoms with Gasteiger partial charge in [0, 0.05) is 23.1 Å². The van der Waals surface area contributed by atoms with Gasteiger partial charge in [-0.1, -0.05) is 46.3 Å². The number of hydrogen-bond acceptors (Lipinski definition) is 2. The fourth-order valence-electron chi connectivity index (χ4n) is 2.38. The van der Waals surface area contributed by atoms with Gasteiger partial charge in [0.15, 0.2) is 0 Å². The van der Waals surface area contributed by atoms with Crippen LogP contribution in [-0.4, -0.2) is 29.8 Å². The second-order valence-electron chi connectivity index (χ2n) is 5.41. The Morgan fingerprint density at radius 3 is 2.32 bits per heavy atom. The molecule has 4 nitrogen and oxygen atoms in total. The molecule has 0 radical (unpaired) electrons. The van der Waals surface area contributed by atoms with Gasteiger partial charge in [-0.3, -0.25) is 9.59 Å². The van der Waals surface area contributed by atoms with Gasteiger partial charge in [-0.25, -0.2) is 0 Å². The van der Waals surface area contributed by atoms with E-state index in [1.807, 2.05) is 44.2 Å².